The van der Waals surface area contributed by atoms with Crippen LogP contribution in [-0.2, 0) is 4.79 Å². The van der Waals surface area contributed by atoms with Crippen molar-refractivity contribution in [1.82, 2.24) is 15.2 Å². The molecule has 18 heavy (non-hydrogen) atoms. The molecular weight excluding hydrogens is 248 g/mol. The molecule has 92 valence electrons. The molecule has 2 aromatic heterocycles. The second kappa shape index (κ2) is 4.45. The standard InChI is InChI=1S/C12H12N4OS/c1-16(11(17)9-2-3-9)12-15-14-10(18-12)8-4-6-13-7-5-8/h4-7,9H,2-3H2,1H3. The monoisotopic (exact) mass is 260 g/mol. The molecule has 0 bridgehead atoms. The number of aromatic nitrogens is 3. The van der Waals surface area contributed by atoms with Crippen molar-refractivity contribution in [2.75, 3.05) is 11.9 Å². The van der Waals surface area contributed by atoms with Gasteiger partial charge >= 0.3 is 0 Å². The van der Waals surface area contributed by atoms with Crippen LogP contribution in [0.3, 0.4) is 0 Å². The van der Waals surface area contributed by atoms with Gasteiger partial charge in [0.25, 0.3) is 0 Å². The fourth-order valence-corrected chi connectivity index (χ4v) is 2.48. The van der Waals surface area contributed by atoms with Crippen molar-refractivity contribution in [2.45, 2.75) is 12.8 Å². The lowest BCUT2D eigenvalue weighted by Gasteiger charge is -2.11. The SMILES string of the molecule is CN(C(=O)C1CC1)c1nnc(-c2ccncc2)s1. The highest BCUT2D eigenvalue weighted by Gasteiger charge is 2.33. The zero-order chi connectivity index (χ0) is 12.5. The molecule has 0 radical (unpaired) electrons. The first-order valence-electron chi connectivity index (χ1n) is 5.77. The summed E-state index contributed by atoms with van der Waals surface area (Å²) in [6, 6.07) is 3.76. The van der Waals surface area contributed by atoms with E-state index in [-0.39, 0.29) is 11.8 Å². The average Bonchev–Trinajstić information content (AvgIpc) is 3.15. The molecule has 2 aromatic rings. The maximum Gasteiger partial charge on any atom is 0.231 e. The van der Waals surface area contributed by atoms with E-state index in [4.69, 9.17) is 0 Å². The number of carbonyl (C=O) groups is 1. The fourth-order valence-electron chi connectivity index (χ4n) is 1.66. The molecule has 3 rings (SSSR count). The Morgan fingerprint density at radius 3 is 2.72 bits per heavy atom. The summed E-state index contributed by atoms with van der Waals surface area (Å²) in [5.41, 5.74) is 0.973. The highest BCUT2D eigenvalue weighted by atomic mass is 32.1. The first kappa shape index (κ1) is 11.3. The van der Waals surface area contributed by atoms with Crippen LogP contribution in [0.1, 0.15) is 12.8 Å². The third kappa shape index (κ3) is 2.11. The summed E-state index contributed by atoms with van der Waals surface area (Å²) >= 11 is 1.42. The van der Waals surface area contributed by atoms with Crippen molar-refractivity contribution in [3.63, 3.8) is 0 Å². The van der Waals surface area contributed by atoms with Gasteiger partial charge < -0.3 is 0 Å². The Morgan fingerprint density at radius 1 is 1.33 bits per heavy atom. The van der Waals surface area contributed by atoms with Crippen LogP contribution in [0.2, 0.25) is 0 Å². The number of amides is 1. The number of carbonyl (C=O) groups excluding carboxylic acids is 1. The van der Waals surface area contributed by atoms with Crippen LogP contribution < -0.4 is 4.90 Å². The Hall–Kier alpha value is -1.82. The summed E-state index contributed by atoms with van der Waals surface area (Å²) in [6.07, 6.45) is 5.43. The molecule has 5 nitrogen and oxygen atoms in total. The minimum atomic E-state index is 0.146. The van der Waals surface area contributed by atoms with E-state index in [9.17, 15) is 4.79 Å². The van der Waals surface area contributed by atoms with Crippen LogP contribution >= 0.6 is 11.3 Å². The molecule has 0 atom stereocenters. The van der Waals surface area contributed by atoms with E-state index >= 15 is 0 Å². The van der Waals surface area contributed by atoms with Gasteiger partial charge in [-0.1, -0.05) is 11.3 Å². The Labute approximate surface area is 108 Å². The highest BCUT2D eigenvalue weighted by molar-refractivity contribution is 7.18. The number of pyridine rings is 1. The van der Waals surface area contributed by atoms with Crippen LogP contribution in [0.15, 0.2) is 24.5 Å². The fraction of sp³-hybridized carbons (Fsp3) is 0.333. The van der Waals surface area contributed by atoms with Crippen molar-refractivity contribution in [3.8, 4) is 10.6 Å². The smallest absolute Gasteiger partial charge is 0.231 e. The largest absolute Gasteiger partial charge is 0.290 e. The molecule has 6 heteroatoms. The van der Waals surface area contributed by atoms with E-state index in [0.29, 0.717) is 5.13 Å². The molecule has 0 aromatic carbocycles. The lowest BCUT2D eigenvalue weighted by molar-refractivity contribution is -0.119. The maximum atomic E-state index is 11.9. The van der Waals surface area contributed by atoms with Crippen LogP contribution in [-0.4, -0.2) is 28.1 Å². The molecule has 1 saturated carbocycles. The Kier molecular flexibility index (Phi) is 2.79. The number of hydrogen-bond donors (Lipinski definition) is 0. The van der Waals surface area contributed by atoms with Gasteiger partial charge in [-0.15, -0.1) is 10.2 Å². The molecule has 2 heterocycles. The van der Waals surface area contributed by atoms with Gasteiger partial charge in [0.2, 0.25) is 11.0 Å². The van der Waals surface area contributed by atoms with E-state index in [1.807, 2.05) is 12.1 Å². The second-order valence-electron chi connectivity index (χ2n) is 4.30. The van der Waals surface area contributed by atoms with Gasteiger partial charge in [0, 0.05) is 30.9 Å². The minimum Gasteiger partial charge on any atom is -0.290 e. The van der Waals surface area contributed by atoms with E-state index in [2.05, 4.69) is 15.2 Å². The number of rotatable bonds is 3. The molecule has 1 aliphatic rings. The number of anilines is 1. The third-order valence-electron chi connectivity index (χ3n) is 2.89. The molecule has 0 N–H and O–H groups in total. The molecular formula is C12H12N4OS. The van der Waals surface area contributed by atoms with Gasteiger partial charge in [0.05, 0.1) is 0 Å². The topological polar surface area (TPSA) is 59.0 Å². The van der Waals surface area contributed by atoms with Crippen LogP contribution in [0.25, 0.3) is 10.6 Å². The third-order valence-corrected chi connectivity index (χ3v) is 3.93. The summed E-state index contributed by atoms with van der Waals surface area (Å²) < 4.78 is 0. The van der Waals surface area contributed by atoms with Gasteiger partial charge in [-0.3, -0.25) is 14.7 Å². The van der Waals surface area contributed by atoms with E-state index in [1.54, 1.807) is 24.3 Å². The van der Waals surface area contributed by atoms with Gasteiger partial charge in [-0.2, -0.15) is 0 Å². The quantitative estimate of drug-likeness (QED) is 0.846. The van der Waals surface area contributed by atoms with Gasteiger partial charge in [0.1, 0.15) is 5.01 Å². The Morgan fingerprint density at radius 2 is 2.06 bits per heavy atom. The van der Waals surface area contributed by atoms with E-state index < -0.39 is 0 Å². The van der Waals surface area contributed by atoms with Crippen LogP contribution in [0.4, 0.5) is 5.13 Å². The summed E-state index contributed by atoms with van der Waals surface area (Å²) in [7, 11) is 1.76. The Bertz CT molecular complexity index is 564. The predicted octanol–water partition coefficient (Wildman–Crippen LogP) is 1.97. The summed E-state index contributed by atoms with van der Waals surface area (Å²) in [5.74, 6) is 0.343. The summed E-state index contributed by atoms with van der Waals surface area (Å²) in [6.45, 7) is 0. The van der Waals surface area contributed by atoms with Crippen molar-refractivity contribution in [1.29, 1.82) is 0 Å². The average molecular weight is 260 g/mol. The molecule has 0 unspecified atom stereocenters. The first-order chi connectivity index (χ1) is 8.75. The van der Waals surface area contributed by atoms with E-state index in [0.717, 1.165) is 23.4 Å². The molecule has 0 spiro atoms. The first-order valence-corrected chi connectivity index (χ1v) is 6.59. The van der Waals surface area contributed by atoms with Crippen molar-refractivity contribution >= 4 is 22.4 Å². The van der Waals surface area contributed by atoms with Crippen LogP contribution in [0.5, 0.6) is 0 Å². The predicted molar refractivity (Wildman–Crippen MR) is 69.3 cm³/mol. The lowest BCUT2D eigenvalue weighted by atomic mass is 10.3. The van der Waals surface area contributed by atoms with Gasteiger partial charge in [-0.25, -0.2) is 0 Å². The summed E-state index contributed by atoms with van der Waals surface area (Å²) in [4.78, 5) is 17.5. The van der Waals surface area contributed by atoms with Gasteiger partial charge in [-0.05, 0) is 25.0 Å². The molecule has 1 amide bonds. The summed E-state index contributed by atoms with van der Waals surface area (Å²) in [5, 5.41) is 9.65. The molecule has 0 aliphatic heterocycles. The molecule has 0 saturated heterocycles. The normalized spacial score (nSPS) is 14.5. The number of nitrogens with zero attached hydrogens (tertiary/aromatic N) is 4. The van der Waals surface area contributed by atoms with Gasteiger partial charge in [0.15, 0.2) is 0 Å². The zero-order valence-corrected chi connectivity index (χ0v) is 10.7. The van der Waals surface area contributed by atoms with Crippen molar-refractivity contribution in [2.24, 2.45) is 5.92 Å². The van der Waals surface area contributed by atoms with Crippen molar-refractivity contribution in [3.05, 3.63) is 24.5 Å². The maximum absolute atomic E-state index is 11.9. The second-order valence-corrected chi connectivity index (χ2v) is 5.25. The highest BCUT2D eigenvalue weighted by Crippen LogP contribution is 2.34. The molecule has 1 fully saturated rings. The minimum absolute atomic E-state index is 0.146. The zero-order valence-electron chi connectivity index (χ0n) is 9.91. The number of hydrogen-bond acceptors (Lipinski definition) is 5. The molecule has 1 aliphatic carbocycles. The van der Waals surface area contributed by atoms with Crippen molar-refractivity contribution < 1.29 is 4.79 Å². The Balaban J connectivity index is 1.83. The van der Waals surface area contributed by atoms with Crippen LogP contribution in [0, 0.1) is 5.92 Å². The lowest BCUT2D eigenvalue weighted by Crippen LogP contribution is -2.27. The van der Waals surface area contributed by atoms with E-state index in [1.165, 1.54) is 11.3 Å².